The Balaban J connectivity index is 2.95. The Bertz CT molecular complexity index is 485. The van der Waals surface area contributed by atoms with Gasteiger partial charge in [-0.1, -0.05) is 0 Å². The maximum atomic E-state index is 12.4. The van der Waals surface area contributed by atoms with E-state index in [1.807, 2.05) is 40.2 Å². The van der Waals surface area contributed by atoms with Crippen LogP contribution in [0.4, 0.5) is 4.79 Å². The molecular formula is C13H21N3O2S3. The van der Waals surface area contributed by atoms with Gasteiger partial charge in [0, 0.05) is 12.1 Å². The third kappa shape index (κ3) is 4.37. The Labute approximate surface area is 138 Å². The maximum Gasteiger partial charge on any atom is 0.324 e. The van der Waals surface area contributed by atoms with Crippen LogP contribution in [-0.2, 0) is 0 Å². The molecule has 0 fully saturated rings. The van der Waals surface area contributed by atoms with Crippen LogP contribution in [0.1, 0.15) is 38.1 Å². The van der Waals surface area contributed by atoms with Crippen molar-refractivity contribution in [2.24, 2.45) is 0 Å². The lowest BCUT2D eigenvalue weighted by Gasteiger charge is -2.30. The first-order chi connectivity index (χ1) is 9.83. The summed E-state index contributed by atoms with van der Waals surface area (Å²) in [6.07, 6.45) is 3.76. The van der Waals surface area contributed by atoms with E-state index in [4.69, 9.17) is 0 Å². The minimum Gasteiger partial charge on any atom is -0.320 e. The molecule has 0 aliphatic heterocycles. The number of carbonyl (C=O) groups excluding carboxylic acids is 2. The Kier molecular flexibility index (Phi) is 7.02. The third-order valence-electron chi connectivity index (χ3n) is 2.80. The van der Waals surface area contributed by atoms with Gasteiger partial charge >= 0.3 is 6.03 Å². The lowest BCUT2D eigenvalue weighted by Crippen LogP contribution is -2.49. The fourth-order valence-electron chi connectivity index (χ4n) is 2.02. The first-order valence-electron chi connectivity index (χ1n) is 6.54. The second kappa shape index (κ2) is 8.05. The zero-order valence-electron chi connectivity index (χ0n) is 13.1. The Morgan fingerprint density at radius 2 is 1.71 bits per heavy atom. The summed E-state index contributed by atoms with van der Waals surface area (Å²) in [4.78, 5) is 26.3. The summed E-state index contributed by atoms with van der Waals surface area (Å²) in [5.41, 5.74) is 0.501. The fourth-order valence-corrected chi connectivity index (χ4v) is 4.30. The quantitative estimate of drug-likeness (QED) is 0.825. The molecule has 5 nitrogen and oxygen atoms in total. The number of nitrogens with one attached hydrogen (secondary N) is 1. The van der Waals surface area contributed by atoms with Crippen LogP contribution in [-0.4, -0.2) is 45.8 Å². The smallest absolute Gasteiger partial charge is 0.320 e. The van der Waals surface area contributed by atoms with Crippen molar-refractivity contribution in [3.63, 3.8) is 0 Å². The summed E-state index contributed by atoms with van der Waals surface area (Å²) in [5, 5.41) is 3.14. The van der Waals surface area contributed by atoms with E-state index in [-0.39, 0.29) is 24.0 Å². The molecule has 3 amide bonds. The number of aromatic nitrogens is 1. The van der Waals surface area contributed by atoms with E-state index in [9.17, 15) is 9.59 Å². The van der Waals surface area contributed by atoms with Crippen molar-refractivity contribution in [1.29, 1.82) is 0 Å². The second-order valence-electron chi connectivity index (χ2n) is 4.91. The summed E-state index contributed by atoms with van der Waals surface area (Å²) in [6, 6.07) is -0.313. The highest BCUT2D eigenvalue weighted by Gasteiger charge is 2.26. The van der Waals surface area contributed by atoms with Gasteiger partial charge < -0.3 is 4.90 Å². The van der Waals surface area contributed by atoms with E-state index in [1.54, 1.807) is 4.90 Å². The lowest BCUT2D eigenvalue weighted by molar-refractivity contribution is 0.0935. The summed E-state index contributed by atoms with van der Waals surface area (Å²) in [6.45, 7) is 7.71. The summed E-state index contributed by atoms with van der Waals surface area (Å²) < 4.78 is 5.07. The molecule has 8 heteroatoms. The van der Waals surface area contributed by atoms with Crippen LogP contribution in [0.25, 0.3) is 0 Å². The Morgan fingerprint density at radius 1 is 1.14 bits per heavy atom. The molecule has 0 spiro atoms. The number of nitrogens with zero attached hydrogens (tertiary/aromatic N) is 2. The molecule has 0 atom stereocenters. The van der Waals surface area contributed by atoms with Crippen LogP contribution in [0.3, 0.4) is 0 Å². The van der Waals surface area contributed by atoms with Gasteiger partial charge in [0.25, 0.3) is 5.91 Å². The lowest BCUT2D eigenvalue weighted by atomic mass is 10.2. The predicted molar refractivity (Wildman–Crippen MR) is 90.6 cm³/mol. The molecule has 1 heterocycles. The zero-order chi connectivity index (χ0) is 16.2. The molecule has 1 aromatic heterocycles. The molecule has 0 aliphatic rings. The normalized spacial score (nSPS) is 11.0. The van der Waals surface area contributed by atoms with Crippen molar-refractivity contribution in [2.75, 3.05) is 12.5 Å². The SMILES string of the molecule is CSc1nsc(SC)c1C(=O)NC(=O)N(C(C)C)C(C)C. The third-order valence-corrected chi connectivity index (χ3v) is 5.54. The number of hydrogen-bond acceptors (Lipinski definition) is 6. The first kappa shape index (κ1) is 18.3. The molecule has 118 valence electrons. The van der Waals surface area contributed by atoms with Crippen molar-refractivity contribution in [3.05, 3.63) is 5.56 Å². The molecule has 0 saturated heterocycles. The average molecular weight is 348 g/mol. The molecule has 0 bridgehead atoms. The Morgan fingerprint density at radius 3 is 2.14 bits per heavy atom. The van der Waals surface area contributed by atoms with Gasteiger partial charge in [0.2, 0.25) is 0 Å². The van der Waals surface area contributed by atoms with E-state index >= 15 is 0 Å². The van der Waals surface area contributed by atoms with Crippen molar-refractivity contribution in [3.8, 4) is 0 Å². The summed E-state index contributed by atoms with van der Waals surface area (Å²) in [7, 11) is 0. The molecule has 0 radical (unpaired) electrons. The average Bonchev–Trinajstić information content (AvgIpc) is 2.80. The van der Waals surface area contributed by atoms with E-state index in [0.717, 1.165) is 4.21 Å². The molecule has 0 saturated carbocycles. The van der Waals surface area contributed by atoms with Gasteiger partial charge in [0.15, 0.2) is 0 Å². The second-order valence-corrected chi connectivity index (χ2v) is 7.56. The largest absolute Gasteiger partial charge is 0.324 e. The minimum atomic E-state index is -0.381. The van der Waals surface area contributed by atoms with Crippen LogP contribution in [0, 0.1) is 0 Å². The molecule has 1 rings (SSSR count). The molecule has 0 unspecified atom stereocenters. The van der Waals surface area contributed by atoms with Crippen LogP contribution < -0.4 is 5.32 Å². The van der Waals surface area contributed by atoms with Gasteiger partial charge in [0.05, 0.1) is 9.77 Å². The Hall–Kier alpha value is -0.730. The molecule has 21 heavy (non-hydrogen) atoms. The topological polar surface area (TPSA) is 62.3 Å². The van der Waals surface area contributed by atoms with Gasteiger partial charge in [-0.3, -0.25) is 10.1 Å². The number of imide groups is 1. The van der Waals surface area contributed by atoms with Gasteiger partial charge in [-0.2, -0.15) is 4.37 Å². The van der Waals surface area contributed by atoms with Gasteiger partial charge in [0.1, 0.15) is 5.03 Å². The van der Waals surface area contributed by atoms with E-state index in [0.29, 0.717) is 10.6 Å². The number of hydrogen-bond donors (Lipinski definition) is 1. The highest BCUT2D eigenvalue weighted by atomic mass is 32.2. The predicted octanol–water partition coefficient (Wildman–Crippen LogP) is 3.56. The van der Waals surface area contributed by atoms with E-state index in [2.05, 4.69) is 9.69 Å². The van der Waals surface area contributed by atoms with Crippen LogP contribution in [0.5, 0.6) is 0 Å². The molecule has 1 aromatic rings. The molecule has 1 N–H and O–H groups in total. The van der Waals surface area contributed by atoms with Crippen molar-refractivity contribution < 1.29 is 9.59 Å². The van der Waals surface area contributed by atoms with Crippen molar-refractivity contribution in [1.82, 2.24) is 14.6 Å². The number of carbonyl (C=O) groups is 2. The van der Waals surface area contributed by atoms with E-state index < -0.39 is 0 Å². The van der Waals surface area contributed by atoms with Crippen LogP contribution in [0.2, 0.25) is 0 Å². The number of amides is 3. The van der Waals surface area contributed by atoms with Gasteiger partial charge in [-0.25, -0.2) is 4.79 Å². The zero-order valence-corrected chi connectivity index (χ0v) is 15.5. The number of thioether (sulfide) groups is 2. The van der Waals surface area contributed by atoms with Crippen LogP contribution >= 0.6 is 35.1 Å². The fraction of sp³-hybridized carbons (Fsp3) is 0.615. The number of rotatable bonds is 5. The highest BCUT2D eigenvalue weighted by Crippen LogP contribution is 2.32. The van der Waals surface area contributed by atoms with Crippen molar-refractivity contribution in [2.45, 2.75) is 49.0 Å². The summed E-state index contributed by atoms with van der Waals surface area (Å²) in [5.74, 6) is -0.381. The van der Waals surface area contributed by atoms with Gasteiger partial charge in [-0.05, 0) is 51.7 Å². The summed E-state index contributed by atoms with van der Waals surface area (Å²) >= 11 is 4.16. The van der Waals surface area contributed by atoms with Crippen LogP contribution in [0.15, 0.2) is 9.24 Å². The highest BCUT2D eigenvalue weighted by molar-refractivity contribution is 8.01. The number of urea groups is 1. The monoisotopic (exact) mass is 347 g/mol. The molecule has 0 aromatic carbocycles. The van der Waals surface area contributed by atoms with E-state index in [1.165, 1.54) is 35.1 Å². The standard InChI is InChI=1S/C13H21N3O2S3/c1-7(2)16(8(3)4)13(18)14-10(17)9-11(19-5)15-21-12(9)20-6/h7-8H,1-6H3,(H,14,17,18). The maximum absolute atomic E-state index is 12.4. The first-order valence-corrected chi connectivity index (χ1v) is 9.77. The molecular weight excluding hydrogens is 326 g/mol. The van der Waals surface area contributed by atoms with Crippen molar-refractivity contribution >= 4 is 47.0 Å². The van der Waals surface area contributed by atoms with Gasteiger partial charge in [-0.15, -0.1) is 23.5 Å². The molecule has 0 aliphatic carbocycles. The minimum absolute atomic E-state index is 0.0263.